The highest BCUT2D eigenvalue weighted by atomic mass is 15.2. The van der Waals surface area contributed by atoms with Gasteiger partial charge in [-0.2, -0.15) is 0 Å². The first kappa shape index (κ1) is 54.3. The molecule has 1 spiro atoms. The third-order valence-corrected chi connectivity index (χ3v) is 18.7. The molecule has 4 nitrogen and oxygen atoms in total. The van der Waals surface area contributed by atoms with Crippen LogP contribution >= 0.6 is 0 Å². The van der Waals surface area contributed by atoms with Gasteiger partial charge in [-0.3, -0.25) is 0 Å². The molecule has 0 saturated carbocycles. The van der Waals surface area contributed by atoms with Gasteiger partial charge in [0.15, 0.2) is 0 Å². The Balaban J connectivity index is 1.10. The fourth-order valence-corrected chi connectivity index (χ4v) is 14.6. The summed E-state index contributed by atoms with van der Waals surface area (Å²) in [6.07, 6.45) is 14.7. The zero-order chi connectivity index (χ0) is 59.0. The second-order valence-electron chi connectivity index (χ2n) is 24.9. The normalized spacial score (nSPS) is 17.5. The summed E-state index contributed by atoms with van der Waals surface area (Å²) in [5, 5.41) is 0. The number of anilines is 10. The number of aryl methyl sites for hydroxylation is 7. The molecule has 0 aromatic heterocycles. The van der Waals surface area contributed by atoms with E-state index in [1.54, 1.807) is 0 Å². The Bertz CT molecular complexity index is 4150. The molecule has 0 N–H and O–H groups in total. The predicted octanol–water partition coefficient (Wildman–Crippen LogP) is 22.0. The smallest absolute Gasteiger partial charge is 0.0540 e. The number of allylic oxidation sites excluding steroid dienone is 7. The van der Waals surface area contributed by atoms with E-state index in [1.807, 2.05) is 0 Å². The number of nitrogens with zero attached hydrogens (tertiary/aromatic N) is 4. The van der Waals surface area contributed by atoms with Crippen molar-refractivity contribution in [1.29, 1.82) is 0 Å². The SMILES string of the molecule is Cc1cccc(N(C2=CC3C(C=C2)c2ccc(N(c4cccc(C)c4)c4cccc(C)c4)cc2C32c3cc(N(c4cccc(C)c4)c4cccc(C)c4)ccc3-c3ccc(N(c4cccc(C)c4)c4cccc(C)c4)cc32)C2=CC=CC(C)C2C)c1. The summed E-state index contributed by atoms with van der Waals surface area (Å²) < 4.78 is 0. The Hall–Kier alpha value is -9.64. The number of hydrogen-bond acceptors (Lipinski definition) is 4. The van der Waals surface area contributed by atoms with Crippen LogP contribution < -0.4 is 19.6 Å². The highest BCUT2D eigenvalue weighted by Gasteiger charge is 2.58. The van der Waals surface area contributed by atoms with Crippen molar-refractivity contribution in [2.75, 3.05) is 19.6 Å². The Kier molecular flexibility index (Phi) is 13.7. The quantitative estimate of drug-likeness (QED) is 0.121. The molecule has 0 heterocycles. The summed E-state index contributed by atoms with van der Waals surface area (Å²) in [4.78, 5) is 10.0. The zero-order valence-electron chi connectivity index (χ0n) is 50.9. The lowest BCUT2D eigenvalue weighted by Gasteiger charge is -2.41. The minimum atomic E-state index is -0.721. The second-order valence-corrected chi connectivity index (χ2v) is 24.9. The molecule has 0 saturated heterocycles. The van der Waals surface area contributed by atoms with E-state index in [1.165, 1.54) is 89.4 Å². The molecule has 4 atom stereocenters. The van der Waals surface area contributed by atoms with E-state index in [0.717, 1.165) is 51.2 Å². The standard InChI is InChI=1S/C82H74N4/c1-53-18-10-26-62(42-53)83(63-27-11-19-54(2)43-63)69-34-38-73-74-39-35-70(84(64-28-12-20-55(3)44-64)65-29-13-21-56(4)45-65)50-78(74)82(77(73)49-69)79-51-71(85(66-30-14-22-57(5)46-66)67-31-15-23-58(6)47-67)36-40-75(79)76-41-37-72(52-80(76)82)86(68-32-16-24-59(7)48-68)81-33-17-25-60(8)61(81)9/h10-52,60-61,76,80H,1-9H3. The van der Waals surface area contributed by atoms with Crippen LogP contribution in [-0.4, -0.2) is 0 Å². The molecular formula is C82H74N4. The summed E-state index contributed by atoms with van der Waals surface area (Å²) in [6, 6.07) is 85.3. The number of rotatable bonds is 12. The summed E-state index contributed by atoms with van der Waals surface area (Å²) in [5.74, 6) is 0.613. The first-order valence-corrected chi connectivity index (χ1v) is 30.7. The van der Waals surface area contributed by atoms with Gasteiger partial charge in [-0.15, -0.1) is 0 Å². The molecule has 422 valence electrons. The van der Waals surface area contributed by atoms with Gasteiger partial charge in [0.2, 0.25) is 0 Å². The van der Waals surface area contributed by atoms with E-state index in [9.17, 15) is 0 Å². The average molecular weight is 1120 g/mol. The van der Waals surface area contributed by atoms with Gasteiger partial charge in [0, 0.05) is 86.0 Å². The molecule has 86 heavy (non-hydrogen) atoms. The first-order chi connectivity index (χ1) is 41.8. The second kappa shape index (κ2) is 21.8. The molecule has 0 bridgehead atoms. The van der Waals surface area contributed by atoms with E-state index in [4.69, 9.17) is 0 Å². The topological polar surface area (TPSA) is 13.0 Å². The Morgan fingerprint density at radius 2 is 0.674 bits per heavy atom. The van der Waals surface area contributed by atoms with E-state index < -0.39 is 5.41 Å². The molecule has 0 amide bonds. The summed E-state index contributed by atoms with van der Waals surface area (Å²) in [5.41, 5.74) is 29.4. The van der Waals surface area contributed by atoms with E-state index in [-0.39, 0.29) is 17.8 Å². The molecule has 14 rings (SSSR count). The number of benzene rings is 10. The van der Waals surface area contributed by atoms with Crippen molar-refractivity contribution in [2.45, 2.75) is 73.6 Å². The lowest BCUT2D eigenvalue weighted by Crippen LogP contribution is -2.36. The Labute approximate surface area is 509 Å². The highest BCUT2D eigenvalue weighted by Crippen LogP contribution is 2.67. The van der Waals surface area contributed by atoms with Crippen molar-refractivity contribution < 1.29 is 0 Å². The summed E-state index contributed by atoms with van der Waals surface area (Å²) >= 11 is 0. The van der Waals surface area contributed by atoms with Crippen LogP contribution in [0, 0.1) is 66.2 Å². The zero-order valence-corrected chi connectivity index (χ0v) is 50.9. The third kappa shape index (κ3) is 9.40. The van der Waals surface area contributed by atoms with Gasteiger partial charge in [0.25, 0.3) is 0 Å². The molecule has 4 aliphatic rings. The fourth-order valence-electron chi connectivity index (χ4n) is 14.6. The molecular weight excluding hydrogens is 1040 g/mol. The fraction of sp³-hybridized carbons (Fsp3) is 0.171. The molecule has 10 aromatic carbocycles. The largest absolute Gasteiger partial charge is 0.314 e. The van der Waals surface area contributed by atoms with Crippen molar-refractivity contribution in [2.24, 2.45) is 17.8 Å². The van der Waals surface area contributed by atoms with Gasteiger partial charge in [-0.25, -0.2) is 0 Å². The Morgan fingerprint density at radius 1 is 0.337 bits per heavy atom. The lowest BCUT2D eigenvalue weighted by atomic mass is 9.65. The van der Waals surface area contributed by atoms with Crippen molar-refractivity contribution in [3.63, 3.8) is 0 Å². The van der Waals surface area contributed by atoms with Crippen molar-refractivity contribution in [1.82, 2.24) is 0 Å². The first-order valence-electron chi connectivity index (χ1n) is 30.7. The van der Waals surface area contributed by atoms with Crippen molar-refractivity contribution in [3.05, 3.63) is 334 Å². The van der Waals surface area contributed by atoms with Crippen molar-refractivity contribution in [3.8, 4) is 11.1 Å². The van der Waals surface area contributed by atoms with Gasteiger partial charge in [0.1, 0.15) is 0 Å². The van der Waals surface area contributed by atoms with Crippen LogP contribution in [0.5, 0.6) is 0 Å². The molecule has 4 unspecified atom stereocenters. The van der Waals surface area contributed by atoms with Gasteiger partial charge in [-0.1, -0.05) is 141 Å². The minimum absolute atomic E-state index is 0.0329. The van der Waals surface area contributed by atoms with Crippen LogP contribution in [0.4, 0.5) is 56.9 Å². The van der Waals surface area contributed by atoms with Crippen LogP contribution in [0.2, 0.25) is 0 Å². The van der Waals surface area contributed by atoms with Crippen LogP contribution in [0.1, 0.15) is 81.0 Å². The van der Waals surface area contributed by atoms with Crippen LogP contribution in [0.3, 0.4) is 0 Å². The maximum atomic E-state index is 2.69. The molecule has 10 aromatic rings. The number of hydrogen-bond donors (Lipinski definition) is 0. The summed E-state index contributed by atoms with van der Waals surface area (Å²) in [6.45, 7) is 20.2. The van der Waals surface area contributed by atoms with E-state index in [2.05, 4.69) is 343 Å². The third-order valence-electron chi connectivity index (χ3n) is 18.7. The van der Waals surface area contributed by atoms with Gasteiger partial charge < -0.3 is 19.6 Å². The van der Waals surface area contributed by atoms with Crippen LogP contribution in [0.25, 0.3) is 11.1 Å². The molecule has 0 radical (unpaired) electrons. The number of fused-ring (bicyclic) bond motifs is 10. The van der Waals surface area contributed by atoms with Crippen LogP contribution in [0.15, 0.2) is 272 Å². The van der Waals surface area contributed by atoms with E-state index >= 15 is 0 Å². The Morgan fingerprint density at radius 3 is 1.05 bits per heavy atom. The van der Waals surface area contributed by atoms with Gasteiger partial charge in [0.05, 0.1) is 5.41 Å². The molecule has 0 aliphatic heterocycles. The lowest BCUT2D eigenvalue weighted by molar-refractivity contribution is 0.460. The molecule has 4 heteroatoms. The van der Waals surface area contributed by atoms with Gasteiger partial charge in [-0.05, 0) is 260 Å². The molecule has 4 aliphatic carbocycles. The summed E-state index contributed by atoms with van der Waals surface area (Å²) in [7, 11) is 0. The van der Waals surface area contributed by atoms with E-state index in [0.29, 0.717) is 5.92 Å². The predicted molar refractivity (Wildman–Crippen MR) is 363 cm³/mol. The maximum absolute atomic E-state index is 2.69. The van der Waals surface area contributed by atoms with Crippen LogP contribution in [-0.2, 0) is 5.41 Å². The average Bonchev–Trinajstić information content (AvgIpc) is 1.51. The van der Waals surface area contributed by atoms with Gasteiger partial charge >= 0.3 is 0 Å². The maximum Gasteiger partial charge on any atom is 0.0540 e. The molecule has 0 fully saturated rings. The highest BCUT2D eigenvalue weighted by molar-refractivity contribution is 5.93. The van der Waals surface area contributed by atoms with Crippen molar-refractivity contribution >= 4 is 56.9 Å². The monoisotopic (exact) mass is 1110 g/mol. The minimum Gasteiger partial charge on any atom is -0.314 e.